The number of aromatic nitrogens is 1. The van der Waals surface area contributed by atoms with Crippen molar-refractivity contribution in [2.45, 2.75) is 25.7 Å². The second-order valence-electron chi connectivity index (χ2n) is 7.59. The summed E-state index contributed by atoms with van der Waals surface area (Å²) in [6.07, 6.45) is 7.58. The molecule has 0 aliphatic carbocycles. The van der Waals surface area contributed by atoms with Crippen LogP contribution in [0.15, 0.2) is 54.7 Å². The van der Waals surface area contributed by atoms with Crippen molar-refractivity contribution in [3.63, 3.8) is 0 Å². The Bertz CT molecular complexity index is 1030. The van der Waals surface area contributed by atoms with E-state index < -0.39 is 0 Å². The number of hydrogen-bond donors (Lipinski definition) is 1. The molecule has 1 aliphatic heterocycles. The molecule has 4 rings (SSSR count). The van der Waals surface area contributed by atoms with E-state index >= 15 is 0 Å². The molecule has 0 bridgehead atoms. The average Bonchev–Trinajstić information content (AvgIpc) is 3.22. The number of benzene rings is 2. The van der Waals surface area contributed by atoms with Crippen molar-refractivity contribution in [1.82, 2.24) is 9.88 Å². The predicted octanol–water partition coefficient (Wildman–Crippen LogP) is 4.99. The second-order valence-corrected chi connectivity index (χ2v) is 7.59. The van der Waals surface area contributed by atoms with Crippen molar-refractivity contribution in [2.75, 3.05) is 26.8 Å². The van der Waals surface area contributed by atoms with Crippen LogP contribution in [0.1, 0.15) is 36.8 Å². The van der Waals surface area contributed by atoms with Crippen LogP contribution in [0.5, 0.6) is 11.5 Å². The molecule has 5 heteroatoms. The molecule has 0 atom stereocenters. The van der Waals surface area contributed by atoms with Gasteiger partial charge in [0.25, 0.3) is 0 Å². The number of methoxy groups -OCH3 is 1. The molecule has 3 aromatic rings. The summed E-state index contributed by atoms with van der Waals surface area (Å²) in [5, 5.41) is 1.22. The number of carbonyl (C=O) groups excluding carboxylic acids is 1. The lowest BCUT2D eigenvalue weighted by Crippen LogP contribution is -2.36. The van der Waals surface area contributed by atoms with Crippen LogP contribution in [0.25, 0.3) is 17.0 Å². The Labute approximate surface area is 177 Å². The van der Waals surface area contributed by atoms with E-state index in [1.54, 1.807) is 13.2 Å². The molecule has 0 unspecified atom stereocenters. The van der Waals surface area contributed by atoms with Crippen molar-refractivity contribution < 1.29 is 14.3 Å². The number of nitrogens with zero attached hydrogens (tertiary/aromatic N) is 1. The molecule has 2 aromatic carbocycles. The zero-order chi connectivity index (χ0) is 20.9. The second kappa shape index (κ2) is 9.08. The van der Waals surface area contributed by atoms with Crippen LogP contribution in [0.3, 0.4) is 0 Å². The molecule has 1 aliphatic rings. The van der Waals surface area contributed by atoms with Gasteiger partial charge < -0.3 is 19.4 Å². The van der Waals surface area contributed by atoms with Gasteiger partial charge in [0.2, 0.25) is 5.91 Å². The first-order valence-electron chi connectivity index (χ1n) is 10.5. The molecule has 156 valence electrons. The van der Waals surface area contributed by atoms with Gasteiger partial charge in [-0.15, -0.1) is 0 Å². The summed E-state index contributed by atoms with van der Waals surface area (Å²) in [5.41, 5.74) is 3.44. The highest BCUT2D eigenvalue weighted by Crippen LogP contribution is 2.34. The number of rotatable bonds is 6. The number of aromatic amines is 1. The molecule has 1 aromatic heterocycles. The van der Waals surface area contributed by atoms with Gasteiger partial charge in [-0.3, -0.25) is 4.79 Å². The number of likely N-dealkylation sites (tertiary alicyclic amines) is 1. The number of nitrogens with one attached hydrogen (secondary N) is 1. The number of fused-ring (bicyclic) bond motifs is 1. The highest BCUT2D eigenvalue weighted by atomic mass is 16.5. The highest BCUT2D eigenvalue weighted by Gasteiger charge is 2.24. The van der Waals surface area contributed by atoms with E-state index in [0.29, 0.717) is 12.5 Å². The fourth-order valence-electron chi connectivity index (χ4n) is 4.11. The number of piperidine rings is 1. The Kier molecular flexibility index (Phi) is 6.07. The van der Waals surface area contributed by atoms with Gasteiger partial charge in [0.1, 0.15) is 11.5 Å². The number of carbonyl (C=O) groups is 1. The van der Waals surface area contributed by atoms with Crippen LogP contribution >= 0.6 is 0 Å². The van der Waals surface area contributed by atoms with Crippen molar-refractivity contribution in [3.05, 3.63) is 65.9 Å². The van der Waals surface area contributed by atoms with E-state index in [9.17, 15) is 4.79 Å². The topological polar surface area (TPSA) is 54.6 Å². The van der Waals surface area contributed by atoms with Gasteiger partial charge in [0, 0.05) is 36.3 Å². The van der Waals surface area contributed by atoms with Crippen molar-refractivity contribution in [1.29, 1.82) is 0 Å². The lowest BCUT2D eigenvalue weighted by Gasteiger charge is -2.31. The van der Waals surface area contributed by atoms with Crippen molar-refractivity contribution in [2.24, 2.45) is 0 Å². The standard InChI is InChI=1S/C25H28N2O3/c1-3-30-20-7-4-18(5-8-20)6-11-25(28)27-14-12-19(13-15-27)23-17-26-24-10-9-21(29-2)16-22(23)24/h4-11,16-17,19,26H,3,12-15H2,1-2H3/b11-6+. The third kappa shape index (κ3) is 4.35. The minimum atomic E-state index is 0.0722. The van der Waals surface area contributed by atoms with E-state index in [1.807, 2.05) is 48.2 Å². The summed E-state index contributed by atoms with van der Waals surface area (Å²) in [5.74, 6) is 2.24. The molecule has 30 heavy (non-hydrogen) atoms. The van der Waals surface area contributed by atoms with Crippen LogP contribution in [-0.4, -0.2) is 42.6 Å². The van der Waals surface area contributed by atoms with Gasteiger partial charge in [0.15, 0.2) is 0 Å². The summed E-state index contributed by atoms with van der Waals surface area (Å²) < 4.78 is 10.8. The Hall–Kier alpha value is -3.21. The Morgan fingerprint density at radius 3 is 2.57 bits per heavy atom. The minimum absolute atomic E-state index is 0.0722. The van der Waals surface area contributed by atoms with Crippen LogP contribution < -0.4 is 9.47 Å². The third-order valence-corrected chi connectivity index (χ3v) is 5.78. The highest BCUT2D eigenvalue weighted by molar-refractivity contribution is 5.92. The summed E-state index contributed by atoms with van der Waals surface area (Å²) in [7, 11) is 1.69. The van der Waals surface area contributed by atoms with E-state index in [4.69, 9.17) is 9.47 Å². The lowest BCUT2D eigenvalue weighted by molar-refractivity contribution is -0.126. The maximum absolute atomic E-state index is 12.6. The monoisotopic (exact) mass is 404 g/mol. The minimum Gasteiger partial charge on any atom is -0.497 e. The van der Waals surface area contributed by atoms with Gasteiger partial charge in [0.05, 0.1) is 13.7 Å². The quantitative estimate of drug-likeness (QED) is 0.589. The molecule has 0 saturated carbocycles. The first-order valence-corrected chi connectivity index (χ1v) is 10.5. The van der Waals surface area contributed by atoms with E-state index in [2.05, 4.69) is 23.3 Å². The summed E-state index contributed by atoms with van der Waals surface area (Å²) in [6.45, 7) is 4.16. The van der Waals surface area contributed by atoms with Crippen LogP contribution in [-0.2, 0) is 4.79 Å². The van der Waals surface area contributed by atoms with Gasteiger partial charge >= 0.3 is 0 Å². The smallest absolute Gasteiger partial charge is 0.246 e. The Morgan fingerprint density at radius 2 is 1.87 bits per heavy atom. The summed E-state index contributed by atoms with van der Waals surface area (Å²) >= 11 is 0. The number of H-pyrrole nitrogens is 1. The molecule has 1 saturated heterocycles. The zero-order valence-electron chi connectivity index (χ0n) is 17.6. The van der Waals surface area contributed by atoms with Gasteiger partial charge in [-0.05, 0) is 73.2 Å². The molecule has 1 fully saturated rings. The Morgan fingerprint density at radius 1 is 1.13 bits per heavy atom. The van der Waals surface area contributed by atoms with Crippen LogP contribution in [0.2, 0.25) is 0 Å². The SMILES string of the molecule is CCOc1ccc(/C=C/C(=O)N2CCC(c3c[nH]c4ccc(OC)cc34)CC2)cc1. The maximum atomic E-state index is 12.6. The number of ether oxygens (including phenoxy) is 2. The predicted molar refractivity (Wildman–Crippen MR) is 120 cm³/mol. The van der Waals surface area contributed by atoms with Crippen molar-refractivity contribution in [3.8, 4) is 11.5 Å². The molecular formula is C25H28N2O3. The van der Waals surface area contributed by atoms with Gasteiger partial charge in [-0.25, -0.2) is 0 Å². The molecule has 1 amide bonds. The maximum Gasteiger partial charge on any atom is 0.246 e. The van der Waals surface area contributed by atoms with Gasteiger partial charge in [-0.1, -0.05) is 12.1 Å². The van der Waals surface area contributed by atoms with E-state index in [0.717, 1.165) is 48.5 Å². The summed E-state index contributed by atoms with van der Waals surface area (Å²) in [4.78, 5) is 17.9. The zero-order valence-corrected chi connectivity index (χ0v) is 17.6. The Balaban J connectivity index is 1.36. The average molecular weight is 405 g/mol. The van der Waals surface area contributed by atoms with Crippen LogP contribution in [0, 0.1) is 0 Å². The van der Waals surface area contributed by atoms with Gasteiger partial charge in [-0.2, -0.15) is 0 Å². The molecule has 5 nitrogen and oxygen atoms in total. The fraction of sp³-hybridized carbons (Fsp3) is 0.320. The third-order valence-electron chi connectivity index (χ3n) is 5.78. The summed E-state index contributed by atoms with van der Waals surface area (Å²) in [6, 6.07) is 13.9. The normalized spacial score (nSPS) is 15.1. The molecule has 0 radical (unpaired) electrons. The largest absolute Gasteiger partial charge is 0.497 e. The molecular weight excluding hydrogens is 376 g/mol. The molecule has 1 N–H and O–H groups in total. The van der Waals surface area contributed by atoms with E-state index in [-0.39, 0.29) is 5.91 Å². The first kappa shape index (κ1) is 20.1. The van der Waals surface area contributed by atoms with Crippen LogP contribution in [0.4, 0.5) is 0 Å². The lowest BCUT2D eigenvalue weighted by atomic mass is 9.89. The number of amides is 1. The first-order chi connectivity index (χ1) is 14.7. The fourth-order valence-corrected chi connectivity index (χ4v) is 4.11. The molecule has 2 heterocycles. The number of hydrogen-bond acceptors (Lipinski definition) is 3. The van der Waals surface area contributed by atoms with Crippen molar-refractivity contribution >= 4 is 22.9 Å². The van der Waals surface area contributed by atoms with E-state index in [1.165, 1.54) is 10.9 Å². The molecule has 0 spiro atoms.